The van der Waals surface area contributed by atoms with Crippen LogP contribution >= 0.6 is 0 Å². The van der Waals surface area contributed by atoms with Crippen LogP contribution in [0.1, 0.15) is 91.9 Å². The van der Waals surface area contributed by atoms with Crippen LogP contribution in [0, 0.1) is 0 Å². The molecule has 52 heavy (non-hydrogen) atoms. The molecule has 310 valence electrons. The van der Waals surface area contributed by atoms with Gasteiger partial charge in [0.1, 0.15) is 18.8 Å². The van der Waals surface area contributed by atoms with Gasteiger partial charge in [-0.15, -0.1) is 0 Å². The van der Waals surface area contributed by atoms with Crippen molar-refractivity contribution in [2.75, 3.05) is 139 Å². The van der Waals surface area contributed by atoms with Crippen molar-refractivity contribution in [3.63, 3.8) is 0 Å². The minimum Gasteiger partial charge on any atom is -0.463 e. The molecule has 0 rings (SSSR count). The zero-order valence-corrected chi connectivity index (χ0v) is 33.1. The molecule has 0 atom stereocenters. The van der Waals surface area contributed by atoms with Crippen molar-refractivity contribution in [3.8, 4) is 0 Å². The van der Waals surface area contributed by atoms with Crippen molar-refractivity contribution in [2.24, 2.45) is 0 Å². The maximum atomic E-state index is 11.8. The van der Waals surface area contributed by atoms with Crippen LogP contribution in [0.5, 0.6) is 0 Å². The average molecular weight is 755 g/mol. The zero-order valence-electron chi connectivity index (χ0n) is 33.1. The molecule has 0 amide bonds. The van der Waals surface area contributed by atoms with Gasteiger partial charge in [-0.25, -0.2) is 4.79 Å². The summed E-state index contributed by atoms with van der Waals surface area (Å²) in [6, 6.07) is 0. The monoisotopic (exact) mass is 755 g/mol. The second-order valence-corrected chi connectivity index (χ2v) is 12.9. The first kappa shape index (κ1) is 50.5. The Morgan fingerprint density at radius 3 is 0.981 bits per heavy atom. The Hall–Kier alpha value is -1.46. The van der Waals surface area contributed by atoms with Gasteiger partial charge in [0, 0.05) is 6.42 Å². The molecule has 0 aromatic carbocycles. The summed E-state index contributed by atoms with van der Waals surface area (Å²) in [5, 5.41) is 0. The van der Waals surface area contributed by atoms with Gasteiger partial charge in [0.2, 0.25) is 0 Å². The predicted octanol–water partition coefficient (Wildman–Crippen LogP) is 4.96. The van der Waals surface area contributed by atoms with Crippen LogP contribution in [0.4, 0.5) is 0 Å². The lowest BCUT2D eigenvalue weighted by atomic mass is 10.1. The van der Waals surface area contributed by atoms with Gasteiger partial charge in [-0.05, 0) is 27.2 Å². The predicted molar refractivity (Wildman–Crippen MR) is 197 cm³/mol. The summed E-state index contributed by atoms with van der Waals surface area (Å²) in [5.41, 5.74) is -0.514. The Bertz CT molecular complexity index is 750. The van der Waals surface area contributed by atoms with Gasteiger partial charge >= 0.3 is 11.9 Å². The third kappa shape index (κ3) is 44.7. The molecular weight excluding hydrogens is 680 g/mol. The van der Waals surface area contributed by atoms with Gasteiger partial charge in [-0.3, -0.25) is 4.79 Å². The summed E-state index contributed by atoms with van der Waals surface area (Å²) in [6.07, 6.45) is 11.6. The van der Waals surface area contributed by atoms with Crippen LogP contribution in [0.3, 0.4) is 0 Å². The Morgan fingerprint density at radius 2 is 0.654 bits per heavy atom. The van der Waals surface area contributed by atoms with Gasteiger partial charge in [0.15, 0.2) is 0 Å². The van der Waals surface area contributed by atoms with Crippen molar-refractivity contribution in [1.29, 1.82) is 0 Å². The fourth-order valence-electron chi connectivity index (χ4n) is 4.37. The number of ether oxygens (including phenoxy) is 12. The molecule has 0 fully saturated rings. The second kappa shape index (κ2) is 40.7. The summed E-state index contributed by atoms with van der Waals surface area (Å²) >= 11 is 0. The summed E-state index contributed by atoms with van der Waals surface area (Å²) in [7, 11) is 0. The van der Waals surface area contributed by atoms with E-state index in [0.717, 1.165) is 12.8 Å². The van der Waals surface area contributed by atoms with Crippen LogP contribution in [0.25, 0.3) is 0 Å². The standard InChI is InChI=1S/C38H74O14/c1-5-6-7-8-9-10-11-12-13-14-36(39)51-34-33-49-30-29-47-26-25-45-22-21-43-18-17-41-15-16-42-19-20-44-23-24-46-27-28-48-31-32-50-35-37(40)52-38(2,3)4/h5-35H2,1-4H3. The summed E-state index contributed by atoms with van der Waals surface area (Å²) in [5.74, 6) is -0.529. The fraction of sp³-hybridized carbons (Fsp3) is 0.947. The average Bonchev–Trinajstić information content (AvgIpc) is 3.10. The van der Waals surface area contributed by atoms with Crippen LogP contribution in [0.2, 0.25) is 0 Å². The Balaban J connectivity index is 3.15. The third-order valence-electron chi connectivity index (χ3n) is 6.96. The highest BCUT2D eigenvalue weighted by atomic mass is 16.6. The summed E-state index contributed by atoms with van der Waals surface area (Å²) in [4.78, 5) is 23.3. The Morgan fingerprint density at radius 1 is 0.365 bits per heavy atom. The molecule has 0 heterocycles. The van der Waals surface area contributed by atoms with Crippen molar-refractivity contribution in [1.82, 2.24) is 0 Å². The summed E-state index contributed by atoms with van der Waals surface area (Å²) in [6.45, 7) is 16.5. The molecule has 0 aliphatic heterocycles. The largest absolute Gasteiger partial charge is 0.463 e. The normalized spacial score (nSPS) is 11.7. The van der Waals surface area contributed by atoms with E-state index in [2.05, 4.69) is 6.92 Å². The lowest BCUT2D eigenvalue weighted by Gasteiger charge is -2.19. The minimum atomic E-state index is -0.514. The number of esters is 2. The lowest BCUT2D eigenvalue weighted by Crippen LogP contribution is -2.27. The van der Waals surface area contributed by atoms with Gasteiger partial charge in [0.25, 0.3) is 0 Å². The number of rotatable bonds is 42. The van der Waals surface area contributed by atoms with E-state index in [4.69, 9.17) is 56.8 Å². The highest BCUT2D eigenvalue weighted by molar-refractivity contribution is 5.71. The molecule has 0 saturated carbocycles. The first-order valence-electron chi connectivity index (χ1n) is 19.5. The lowest BCUT2D eigenvalue weighted by molar-refractivity contribution is -0.160. The van der Waals surface area contributed by atoms with E-state index in [1.54, 1.807) is 0 Å². The van der Waals surface area contributed by atoms with Crippen LogP contribution in [-0.4, -0.2) is 156 Å². The van der Waals surface area contributed by atoms with E-state index in [1.807, 2.05) is 20.8 Å². The fourth-order valence-corrected chi connectivity index (χ4v) is 4.37. The molecule has 0 aliphatic carbocycles. The van der Waals surface area contributed by atoms with Gasteiger partial charge in [-0.1, -0.05) is 58.3 Å². The van der Waals surface area contributed by atoms with E-state index in [9.17, 15) is 9.59 Å². The molecule has 0 aromatic rings. The van der Waals surface area contributed by atoms with Crippen LogP contribution < -0.4 is 0 Å². The molecule has 0 unspecified atom stereocenters. The number of carbonyl (C=O) groups excluding carboxylic acids is 2. The van der Waals surface area contributed by atoms with Crippen molar-refractivity contribution < 1.29 is 66.4 Å². The first-order valence-corrected chi connectivity index (χ1v) is 19.5. The summed E-state index contributed by atoms with van der Waals surface area (Å²) < 4.78 is 64.7. The van der Waals surface area contributed by atoms with E-state index in [0.29, 0.717) is 132 Å². The van der Waals surface area contributed by atoms with Crippen molar-refractivity contribution in [2.45, 2.75) is 97.5 Å². The number of hydrogen-bond acceptors (Lipinski definition) is 14. The van der Waals surface area contributed by atoms with E-state index in [1.165, 1.54) is 44.9 Å². The molecule has 0 saturated heterocycles. The molecular formula is C38H74O14. The molecule has 0 bridgehead atoms. The highest BCUT2D eigenvalue weighted by Crippen LogP contribution is 2.11. The molecule has 0 spiro atoms. The maximum absolute atomic E-state index is 11.8. The van der Waals surface area contributed by atoms with Crippen molar-refractivity contribution in [3.05, 3.63) is 0 Å². The molecule has 14 heteroatoms. The van der Waals surface area contributed by atoms with Gasteiger partial charge in [-0.2, -0.15) is 0 Å². The second-order valence-electron chi connectivity index (χ2n) is 12.9. The Kier molecular flexibility index (Phi) is 39.6. The SMILES string of the molecule is CCCCCCCCCCCC(=O)OCCOCCOCCOCCOCCOCCOCCOCCOCCOCCOCC(=O)OC(C)(C)C. The van der Waals surface area contributed by atoms with Gasteiger partial charge in [0.05, 0.1) is 126 Å². The van der Waals surface area contributed by atoms with E-state index >= 15 is 0 Å². The van der Waals surface area contributed by atoms with Crippen molar-refractivity contribution >= 4 is 11.9 Å². The van der Waals surface area contributed by atoms with E-state index < -0.39 is 5.60 Å². The Labute approximate surface area is 314 Å². The maximum Gasteiger partial charge on any atom is 0.332 e. The smallest absolute Gasteiger partial charge is 0.332 e. The topological polar surface area (TPSA) is 145 Å². The minimum absolute atomic E-state index is 0.0855. The zero-order chi connectivity index (χ0) is 38.1. The van der Waals surface area contributed by atoms with Crippen LogP contribution in [-0.2, 0) is 66.4 Å². The number of unbranched alkanes of at least 4 members (excludes halogenated alkanes) is 8. The quantitative estimate of drug-likeness (QED) is 0.0612. The number of hydrogen-bond donors (Lipinski definition) is 0. The number of carbonyl (C=O) groups is 2. The third-order valence-corrected chi connectivity index (χ3v) is 6.96. The molecule has 0 N–H and O–H groups in total. The molecule has 0 aromatic heterocycles. The first-order chi connectivity index (χ1) is 25.3. The van der Waals surface area contributed by atoms with Crippen LogP contribution in [0.15, 0.2) is 0 Å². The highest BCUT2D eigenvalue weighted by Gasteiger charge is 2.15. The van der Waals surface area contributed by atoms with Gasteiger partial charge < -0.3 is 56.8 Å². The molecule has 0 aliphatic rings. The molecule has 0 radical (unpaired) electrons. The molecule has 14 nitrogen and oxygen atoms in total. The van der Waals surface area contributed by atoms with E-state index in [-0.39, 0.29) is 25.2 Å².